The highest BCUT2D eigenvalue weighted by atomic mass is 32.2. The summed E-state index contributed by atoms with van der Waals surface area (Å²) in [6.45, 7) is 0.974. The Morgan fingerprint density at radius 2 is 2.05 bits per heavy atom. The molecule has 2 aromatic rings. The zero-order chi connectivity index (χ0) is 14.4. The normalized spacial score (nSPS) is 11.7. The zero-order valence-electron chi connectivity index (χ0n) is 11.0. The van der Waals surface area contributed by atoms with E-state index in [2.05, 4.69) is 0 Å². The van der Waals surface area contributed by atoms with E-state index < -0.39 is 9.84 Å². The third-order valence-electron chi connectivity index (χ3n) is 2.81. The van der Waals surface area contributed by atoms with Crippen LogP contribution >= 0.6 is 11.3 Å². The van der Waals surface area contributed by atoms with Crippen molar-refractivity contribution in [2.24, 2.45) is 5.73 Å². The average Bonchev–Trinajstić information content (AvgIpc) is 2.97. The van der Waals surface area contributed by atoms with Crippen molar-refractivity contribution >= 4 is 21.2 Å². The van der Waals surface area contributed by atoms with Crippen LogP contribution in [0, 0.1) is 0 Å². The molecule has 4 nitrogen and oxygen atoms in total. The molecule has 0 bridgehead atoms. The van der Waals surface area contributed by atoms with Crippen molar-refractivity contribution in [3.8, 4) is 0 Å². The van der Waals surface area contributed by atoms with Gasteiger partial charge in [-0.2, -0.15) is 0 Å². The molecule has 0 amide bonds. The molecule has 20 heavy (non-hydrogen) atoms. The van der Waals surface area contributed by atoms with Crippen LogP contribution in [0.15, 0.2) is 46.7 Å². The van der Waals surface area contributed by atoms with Crippen molar-refractivity contribution < 1.29 is 13.2 Å². The van der Waals surface area contributed by atoms with Crippen molar-refractivity contribution in [2.75, 3.05) is 12.4 Å². The Bertz CT molecular complexity index is 636. The molecule has 0 fully saturated rings. The van der Waals surface area contributed by atoms with Crippen LogP contribution in [0.4, 0.5) is 0 Å². The lowest BCUT2D eigenvalue weighted by Crippen LogP contribution is -2.13. The quantitative estimate of drug-likeness (QED) is 0.796. The molecule has 0 aliphatic rings. The Hall–Kier alpha value is -1.21. The minimum absolute atomic E-state index is 0.0214. The fourth-order valence-electron chi connectivity index (χ4n) is 1.72. The van der Waals surface area contributed by atoms with E-state index in [0.29, 0.717) is 18.0 Å². The maximum Gasteiger partial charge on any atom is 0.180 e. The number of rotatable bonds is 7. The Morgan fingerprint density at radius 3 is 2.75 bits per heavy atom. The highest BCUT2D eigenvalue weighted by molar-refractivity contribution is 7.91. The molecular weight excluding hydrogens is 294 g/mol. The minimum Gasteiger partial charge on any atom is -0.375 e. The third-order valence-corrected chi connectivity index (χ3v) is 5.34. The lowest BCUT2D eigenvalue weighted by Gasteiger charge is -2.06. The summed E-state index contributed by atoms with van der Waals surface area (Å²) in [5, 5.41) is 1.97. The molecule has 0 unspecified atom stereocenters. The number of ether oxygens (including phenoxy) is 1. The molecule has 1 aromatic heterocycles. The first kappa shape index (κ1) is 15.2. The monoisotopic (exact) mass is 311 g/mol. The maximum absolute atomic E-state index is 12.1. The van der Waals surface area contributed by atoms with Gasteiger partial charge in [0.15, 0.2) is 9.84 Å². The number of benzene rings is 1. The van der Waals surface area contributed by atoms with Crippen LogP contribution < -0.4 is 5.73 Å². The summed E-state index contributed by atoms with van der Waals surface area (Å²) in [6, 6.07) is 10.6. The molecule has 1 aromatic carbocycles. The van der Waals surface area contributed by atoms with Crippen molar-refractivity contribution in [1.29, 1.82) is 0 Å². The highest BCUT2D eigenvalue weighted by Crippen LogP contribution is 2.14. The van der Waals surface area contributed by atoms with E-state index in [1.54, 1.807) is 29.5 Å². The minimum atomic E-state index is -3.31. The lowest BCUT2D eigenvalue weighted by molar-refractivity contribution is 0.137. The zero-order valence-corrected chi connectivity index (χ0v) is 12.6. The van der Waals surface area contributed by atoms with Crippen LogP contribution in [-0.2, 0) is 27.7 Å². The topological polar surface area (TPSA) is 69.4 Å². The van der Waals surface area contributed by atoms with Crippen molar-refractivity contribution in [3.63, 3.8) is 0 Å². The second-order valence-corrected chi connectivity index (χ2v) is 7.44. The van der Waals surface area contributed by atoms with Gasteiger partial charge in [-0.05, 0) is 29.1 Å². The number of hydrogen-bond donors (Lipinski definition) is 1. The largest absolute Gasteiger partial charge is 0.375 e. The number of thiophene rings is 1. The van der Waals surface area contributed by atoms with Gasteiger partial charge in [-0.15, -0.1) is 11.3 Å². The van der Waals surface area contributed by atoms with Crippen LogP contribution in [0.25, 0.3) is 0 Å². The molecule has 0 radical (unpaired) electrons. The van der Waals surface area contributed by atoms with Crippen LogP contribution in [0.2, 0.25) is 0 Å². The molecule has 0 saturated carbocycles. The van der Waals surface area contributed by atoms with E-state index in [1.807, 2.05) is 23.6 Å². The summed E-state index contributed by atoms with van der Waals surface area (Å²) in [5.74, 6) is -0.0214. The molecule has 2 rings (SSSR count). The lowest BCUT2D eigenvalue weighted by atomic mass is 10.2. The van der Waals surface area contributed by atoms with E-state index in [1.165, 1.54) is 0 Å². The molecule has 0 saturated heterocycles. The molecule has 108 valence electrons. The van der Waals surface area contributed by atoms with E-state index in [0.717, 1.165) is 10.4 Å². The fraction of sp³-hybridized carbons (Fsp3) is 0.286. The van der Waals surface area contributed by atoms with Crippen LogP contribution in [-0.4, -0.2) is 20.8 Å². The van der Waals surface area contributed by atoms with Gasteiger partial charge in [0.05, 0.1) is 23.9 Å². The van der Waals surface area contributed by atoms with Gasteiger partial charge in [0.1, 0.15) is 0 Å². The van der Waals surface area contributed by atoms with Gasteiger partial charge in [0, 0.05) is 11.4 Å². The molecule has 1 heterocycles. The van der Waals surface area contributed by atoms with Crippen molar-refractivity contribution in [2.45, 2.75) is 18.0 Å². The molecule has 0 atom stereocenters. The molecular formula is C14H17NO3S2. The summed E-state index contributed by atoms with van der Waals surface area (Å²) < 4.78 is 29.7. The predicted octanol–water partition coefficient (Wildman–Crippen LogP) is 2.20. The average molecular weight is 311 g/mol. The Labute approximate surface area is 123 Å². The first-order valence-corrected chi connectivity index (χ1v) is 8.77. The highest BCUT2D eigenvalue weighted by Gasteiger charge is 2.14. The first-order chi connectivity index (χ1) is 9.62. The standard InChI is InChI=1S/C14H17NO3S2/c15-10-12-3-1-5-14(9-12)20(16,17)8-6-18-11-13-4-2-7-19-13/h1-5,7,9H,6,8,10-11,15H2. The van der Waals surface area contributed by atoms with Gasteiger partial charge in [0.25, 0.3) is 0 Å². The van der Waals surface area contributed by atoms with Crippen LogP contribution in [0.5, 0.6) is 0 Å². The van der Waals surface area contributed by atoms with Gasteiger partial charge in [0.2, 0.25) is 0 Å². The second kappa shape index (κ2) is 6.99. The van der Waals surface area contributed by atoms with Crippen LogP contribution in [0.3, 0.4) is 0 Å². The number of hydrogen-bond acceptors (Lipinski definition) is 5. The summed E-state index contributed by atoms with van der Waals surface area (Å²) in [6.07, 6.45) is 0. The summed E-state index contributed by atoms with van der Waals surface area (Å²) in [4.78, 5) is 1.40. The van der Waals surface area contributed by atoms with E-state index >= 15 is 0 Å². The van der Waals surface area contributed by atoms with Gasteiger partial charge < -0.3 is 10.5 Å². The smallest absolute Gasteiger partial charge is 0.180 e. The number of nitrogens with two attached hydrogens (primary N) is 1. The summed E-state index contributed by atoms with van der Waals surface area (Å²) in [7, 11) is -3.31. The molecule has 0 aliphatic heterocycles. The van der Waals surface area contributed by atoms with Crippen LogP contribution in [0.1, 0.15) is 10.4 Å². The second-order valence-electron chi connectivity index (χ2n) is 4.30. The van der Waals surface area contributed by atoms with E-state index in [4.69, 9.17) is 10.5 Å². The fourth-order valence-corrected chi connectivity index (χ4v) is 3.55. The van der Waals surface area contributed by atoms with Crippen molar-refractivity contribution in [1.82, 2.24) is 0 Å². The third kappa shape index (κ3) is 4.14. The maximum atomic E-state index is 12.1. The molecule has 6 heteroatoms. The molecule has 0 spiro atoms. The Balaban J connectivity index is 1.90. The molecule has 2 N–H and O–H groups in total. The summed E-state index contributed by atoms with van der Waals surface area (Å²) in [5.41, 5.74) is 6.33. The van der Waals surface area contributed by atoms with Gasteiger partial charge in [-0.25, -0.2) is 8.42 Å². The summed E-state index contributed by atoms with van der Waals surface area (Å²) >= 11 is 1.59. The van der Waals surface area contributed by atoms with E-state index in [-0.39, 0.29) is 12.4 Å². The van der Waals surface area contributed by atoms with E-state index in [9.17, 15) is 8.42 Å². The number of sulfone groups is 1. The Morgan fingerprint density at radius 1 is 1.20 bits per heavy atom. The van der Waals surface area contributed by atoms with Gasteiger partial charge in [-0.1, -0.05) is 18.2 Å². The van der Waals surface area contributed by atoms with Gasteiger partial charge >= 0.3 is 0 Å². The SMILES string of the molecule is NCc1cccc(S(=O)(=O)CCOCc2cccs2)c1. The predicted molar refractivity (Wildman–Crippen MR) is 80.4 cm³/mol. The van der Waals surface area contributed by atoms with Gasteiger partial charge in [-0.3, -0.25) is 0 Å². The Kier molecular flexibility index (Phi) is 5.31. The first-order valence-electron chi connectivity index (χ1n) is 6.24. The molecule has 0 aliphatic carbocycles. The van der Waals surface area contributed by atoms with Crippen molar-refractivity contribution in [3.05, 3.63) is 52.2 Å².